The van der Waals surface area contributed by atoms with Gasteiger partial charge in [-0.1, -0.05) is 11.6 Å². The van der Waals surface area contributed by atoms with Crippen LogP contribution in [0, 0.1) is 22.0 Å². The molecule has 2 fully saturated rings. The smallest absolute Gasteiger partial charge is 0.283 e. The quantitative estimate of drug-likeness (QED) is 0.669. The van der Waals surface area contributed by atoms with Gasteiger partial charge in [0.05, 0.1) is 4.92 Å². The van der Waals surface area contributed by atoms with Crippen molar-refractivity contribution in [2.24, 2.45) is 11.8 Å². The van der Waals surface area contributed by atoms with E-state index in [4.69, 9.17) is 11.6 Å². The van der Waals surface area contributed by atoms with Crippen molar-refractivity contribution in [3.8, 4) is 0 Å². The van der Waals surface area contributed by atoms with E-state index in [0.717, 1.165) is 13.1 Å². The monoisotopic (exact) mass is 309 g/mol. The number of nitro groups is 1. The lowest BCUT2D eigenvalue weighted by Gasteiger charge is -2.24. The van der Waals surface area contributed by atoms with E-state index in [2.05, 4.69) is 5.32 Å². The van der Waals surface area contributed by atoms with Crippen molar-refractivity contribution in [1.82, 2.24) is 10.2 Å². The molecule has 21 heavy (non-hydrogen) atoms. The molecule has 1 amide bonds. The van der Waals surface area contributed by atoms with Crippen LogP contribution < -0.4 is 5.32 Å². The Morgan fingerprint density at radius 2 is 2.24 bits per heavy atom. The first-order chi connectivity index (χ1) is 9.99. The molecule has 1 N–H and O–H groups in total. The molecule has 0 bridgehead atoms. The number of carbonyl (C=O) groups excluding carboxylic acids is 1. The van der Waals surface area contributed by atoms with Crippen LogP contribution in [0.4, 0.5) is 5.69 Å². The molecule has 2 saturated heterocycles. The number of hydrogen-bond donors (Lipinski definition) is 1. The molecule has 0 aliphatic carbocycles. The summed E-state index contributed by atoms with van der Waals surface area (Å²) in [5, 5.41) is 14.7. The maximum Gasteiger partial charge on any atom is 0.283 e. The van der Waals surface area contributed by atoms with Gasteiger partial charge >= 0.3 is 0 Å². The number of nitrogens with one attached hydrogen (secondary N) is 1. The van der Waals surface area contributed by atoms with E-state index in [1.165, 1.54) is 18.2 Å². The molecule has 1 aromatic carbocycles. The van der Waals surface area contributed by atoms with E-state index in [9.17, 15) is 14.9 Å². The number of rotatable bonds is 2. The van der Waals surface area contributed by atoms with Crippen molar-refractivity contribution < 1.29 is 9.72 Å². The highest BCUT2D eigenvalue weighted by Crippen LogP contribution is 2.34. The van der Waals surface area contributed by atoms with E-state index in [1.54, 1.807) is 4.90 Å². The highest BCUT2D eigenvalue weighted by molar-refractivity contribution is 6.31. The number of nitrogens with zero attached hydrogens (tertiary/aromatic N) is 2. The van der Waals surface area contributed by atoms with Crippen molar-refractivity contribution in [2.45, 2.75) is 13.0 Å². The van der Waals surface area contributed by atoms with Gasteiger partial charge in [-0.15, -0.1) is 0 Å². The van der Waals surface area contributed by atoms with Gasteiger partial charge in [-0.2, -0.15) is 0 Å². The third-order valence-corrected chi connectivity index (χ3v) is 4.82. The van der Waals surface area contributed by atoms with Gasteiger partial charge in [-0.3, -0.25) is 14.9 Å². The lowest BCUT2D eigenvalue weighted by Crippen LogP contribution is -2.38. The Morgan fingerprint density at radius 1 is 1.48 bits per heavy atom. The number of hydrogen-bond acceptors (Lipinski definition) is 4. The van der Waals surface area contributed by atoms with Crippen LogP contribution in [0.25, 0.3) is 0 Å². The third kappa shape index (κ3) is 2.38. The molecule has 6 nitrogen and oxygen atoms in total. The molecule has 2 aliphatic heterocycles. The molecule has 0 radical (unpaired) electrons. The van der Waals surface area contributed by atoms with Crippen molar-refractivity contribution in [3.05, 3.63) is 38.9 Å². The summed E-state index contributed by atoms with van der Waals surface area (Å²) in [5.41, 5.74) is -0.112. The minimum absolute atomic E-state index is 0.0905. The SMILES string of the molecule is CC1C2CNCC2CN1C(=O)c1ccc(Cl)cc1[N+](=O)[O-]. The number of halogens is 1. The van der Waals surface area contributed by atoms with E-state index >= 15 is 0 Å². The summed E-state index contributed by atoms with van der Waals surface area (Å²) < 4.78 is 0. The van der Waals surface area contributed by atoms with Crippen LogP contribution in [0.5, 0.6) is 0 Å². The number of carbonyl (C=O) groups is 1. The fraction of sp³-hybridized carbons (Fsp3) is 0.500. The largest absolute Gasteiger partial charge is 0.335 e. The molecule has 112 valence electrons. The molecular weight excluding hydrogens is 294 g/mol. The molecule has 3 unspecified atom stereocenters. The van der Waals surface area contributed by atoms with Crippen molar-refractivity contribution >= 4 is 23.2 Å². The fourth-order valence-corrected chi connectivity index (χ4v) is 3.59. The summed E-state index contributed by atoms with van der Waals surface area (Å²) in [7, 11) is 0. The van der Waals surface area contributed by atoms with Crippen LogP contribution in [-0.2, 0) is 0 Å². The average molecular weight is 310 g/mol. The Balaban J connectivity index is 1.91. The lowest BCUT2D eigenvalue weighted by molar-refractivity contribution is -0.385. The van der Waals surface area contributed by atoms with Gasteiger partial charge in [0.15, 0.2) is 0 Å². The van der Waals surface area contributed by atoms with E-state index in [-0.39, 0.29) is 28.2 Å². The number of amides is 1. The second-order valence-corrected chi connectivity index (χ2v) is 6.14. The minimum Gasteiger partial charge on any atom is -0.335 e. The number of benzene rings is 1. The van der Waals surface area contributed by atoms with Gasteiger partial charge in [0, 0.05) is 36.8 Å². The molecule has 3 rings (SSSR count). The van der Waals surface area contributed by atoms with Gasteiger partial charge in [-0.05, 0) is 30.9 Å². The topological polar surface area (TPSA) is 75.5 Å². The van der Waals surface area contributed by atoms with Gasteiger partial charge < -0.3 is 10.2 Å². The normalized spacial score (nSPS) is 27.7. The van der Waals surface area contributed by atoms with E-state index in [0.29, 0.717) is 18.4 Å². The number of nitro benzene ring substituents is 1. The van der Waals surface area contributed by atoms with Gasteiger partial charge in [0.1, 0.15) is 5.56 Å². The predicted octanol–water partition coefficient (Wildman–Crippen LogP) is 1.93. The Labute approximate surface area is 127 Å². The lowest BCUT2D eigenvalue weighted by atomic mass is 9.95. The minimum atomic E-state index is -0.553. The van der Waals surface area contributed by atoms with Crippen LogP contribution in [-0.4, -0.2) is 41.4 Å². The maximum atomic E-state index is 12.7. The Morgan fingerprint density at radius 3 is 2.90 bits per heavy atom. The molecule has 1 aromatic rings. The Hall–Kier alpha value is -1.66. The molecule has 0 aromatic heterocycles. The van der Waals surface area contributed by atoms with Gasteiger partial charge in [-0.25, -0.2) is 0 Å². The highest BCUT2D eigenvalue weighted by atomic mass is 35.5. The first-order valence-corrected chi connectivity index (χ1v) is 7.32. The highest BCUT2D eigenvalue weighted by Gasteiger charge is 2.44. The average Bonchev–Trinajstić information content (AvgIpc) is 3.01. The maximum absolute atomic E-state index is 12.7. The molecule has 2 heterocycles. The van der Waals surface area contributed by atoms with E-state index < -0.39 is 4.92 Å². The summed E-state index contributed by atoms with van der Waals surface area (Å²) in [6, 6.07) is 4.29. The second kappa shape index (κ2) is 5.27. The summed E-state index contributed by atoms with van der Waals surface area (Å²) >= 11 is 5.79. The zero-order valence-corrected chi connectivity index (χ0v) is 12.3. The van der Waals surface area contributed by atoms with Gasteiger partial charge in [0.25, 0.3) is 11.6 Å². The van der Waals surface area contributed by atoms with E-state index in [1.807, 2.05) is 6.92 Å². The van der Waals surface area contributed by atoms with Crippen molar-refractivity contribution in [2.75, 3.05) is 19.6 Å². The van der Waals surface area contributed by atoms with Crippen LogP contribution in [0.15, 0.2) is 18.2 Å². The summed E-state index contributed by atoms with van der Waals surface area (Å²) in [4.78, 5) is 25.0. The zero-order chi connectivity index (χ0) is 15.1. The molecule has 7 heteroatoms. The number of likely N-dealkylation sites (tertiary alicyclic amines) is 1. The van der Waals surface area contributed by atoms with Crippen LogP contribution in [0.2, 0.25) is 5.02 Å². The van der Waals surface area contributed by atoms with Crippen LogP contribution in [0.1, 0.15) is 17.3 Å². The van der Waals surface area contributed by atoms with Gasteiger partial charge in [0.2, 0.25) is 0 Å². The predicted molar refractivity (Wildman–Crippen MR) is 78.5 cm³/mol. The van der Waals surface area contributed by atoms with Crippen molar-refractivity contribution in [1.29, 1.82) is 0 Å². The van der Waals surface area contributed by atoms with Crippen molar-refractivity contribution in [3.63, 3.8) is 0 Å². The first kappa shape index (κ1) is 14.3. The number of fused-ring (bicyclic) bond motifs is 1. The molecule has 0 saturated carbocycles. The summed E-state index contributed by atoms with van der Waals surface area (Å²) in [5.74, 6) is 0.593. The molecular formula is C14H16ClN3O3. The second-order valence-electron chi connectivity index (χ2n) is 5.70. The fourth-order valence-electron chi connectivity index (χ4n) is 3.43. The Kier molecular flexibility index (Phi) is 3.59. The molecule has 0 spiro atoms. The summed E-state index contributed by atoms with van der Waals surface area (Å²) in [6.07, 6.45) is 0. The van der Waals surface area contributed by atoms with Crippen LogP contribution >= 0.6 is 11.6 Å². The molecule has 2 aliphatic rings. The first-order valence-electron chi connectivity index (χ1n) is 6.94. The third-order valence-electron chi connectivity index (χ3n) is 4.58. The standard InChI is InChI=1S/C14H16ClN3O3/c1-8-12-6-16-5-9(12)7-17(8)14(19)11-3-2-10(15)4-13(11)18(20)21/h2-4,8-9,12,16H,5-7H2,1H3. The zero-order valence-electron chi connectivity index (χ0n) is 11.6. The summed E-state index contributed by atoms with van der Waals surface area (Å²) in [6.45, 7) is 4.47. The Bertz CT molecular complexity index is 607. The van der Waals surface area contributed by atoms with Crippen LogP contribution in [0.3, 0.4) is 0 Å². The molecule has 3 atom stereocenters.